The van der Waals surface area contributed by atoms with Gasteiger partial charge in [-0.2, -0.15) is 0 Å². The fourth-order valence-electron chi connectivity index (χ4n) is 3.43. The van der Waals surface area contributed by atoms with E-state index in [1.165, 1.54) is 11.1 Å². The summed E-state index contributed by atoms with van der Waals surface area (Å²) in [7, 11) is 1.68. The summed E-state index contributed by atoms with van der Waals surface area (Å²) in [6.07, 6.45) is 2.05. The number of benzene rings is 2. The van der Waals surface area contributed by atoms with Crippen LogP contribution in [0.1, 0.15) is 16.7 Å². The molecule has 0 saturated carbocycles. The number of ether oxygens (including phenoxy) is 1. The standard InChI is InChI=1S/C23H23N3O/c1-15-8-5-9-16(2)20(15)24-23-21(18-11-6-12-19(14-18)27-4)25-22-17(3)10-7-13-26(22)23/h5-14,24H,1-4H3. The second-order valence-electron chi connectivity index (χ2n) is 6.82. The van der Waals surface area contributed by atoms with Crippen molar-refractivity contribution in [3.63, 3.8) is 0 Å². The van der Waals surface area contributed by atoms with Crippen molar-refractivity contribution in [3.8, 4) is 17.0 Å². The maximum Gasteiger partial charge on any atom is 0.143 e. The van der Waals surface area contributed by atoms with E-state index in [9.17, 15) is 0 Å². The van der Waals surface area contributed by atoms with E-state index in [0.717, 1.165) is 39.7 Å². The Hall–Kier alpha value is -3.27. The smallest absolute Gasteiger partial charge is 0.143 e. The zero-order chi connectivity index (χ0) is 19.0. The Balaban J connectivity index is 1.96. The molecule has 0 bridgehead atoms. The van der Waals surface area contributed by atoms with Crippen LogP contribution in [0.25, 0.3) is 16.9 Å². The Bertz CT molecular complexity index is 1110. The van der Waals surface area contributed by atoms with Crippen molar-refractivity contribution in [2.45, 2.75) is 20.8 Å². The topological polar surface area (TPSA) is 38.6 Å². The van der Waals surface area contributed by atoms with Crippen LogP contribution in [0, 0.1) is 20.8 Å². The number of imidazole rings is 1. The van der Waals surface area contributed by atoms with Gasteiger partial charge >= 0.3 is 0 Å². The Kier molecular flexibility index (Phi) is 4.32. The molecule has 4 rings (SSSR count). The fourth-order valence-corrected chi connectivity index (χ4v) is 3.43. The summed E-state index contributed by atoms with van der Waals surface area (Å²) in [6.45, 7) is 6.32. The second-order valence-corrected chi connectivity index (χ2v) is 6.82. The SMILES string of the molecule is COc1cccc(-c2nc3c(C)cccn3c2Nc2c(C)cccc2C)c1. The number of fused-ring (bicyclic) bond motifs is 1. The van der Waals surface area contributed by atoms with Gasteiger partial charge in [0, 0.05) is 17.4 Å². The van der Waals surface area contributed by atoms with E-state index in [1.807, 2.05) is 18.2 Å². The van der Waals surface area contributed by atoms with Gasteiger partial charge in [0.05, 0.1) is 7.11 Å². The molecule has 27 heavy (non-hydrogen) atoms. The third-order valence-electron chi connectivity index (χ3n) is 4.91. The molecule has 0 aliphatic heterocycles. The van der Waals surface area contributed by atoms with Gasteiger partial charge in [0.1, 0.15) is 22.9 Å². The summed E-state index contributed by atoms with van der Waals surface area (Å²) in [5.74, 6) is 1.78. The van der Waals surface area contributed by atoms with Crippen molar-refractivity contribution in [2.75, 3.05) is 12.4 Å². The third-order valence-corrected chi connectivity index (χ3v) is 4.91. The fraction of sp³-hybridized carbons (Fsp3) is 0.174. The molecule has 0 amide bonds. The number of anilines is 2. The maximum absolute atomic E-state index is 5.42. The van der Waals surface area contributed by atoms with Crippen LogP contribution >= 0.6 is 0 Å². The molecular weight excluding hydrogens is 334 g/mol. The number of pyridine rings is 1. The highest BCUT2D eigenvalue weighted by Gasteiger charge is 2.17. The lowest BCUT2D eigenvalue weighted by molar-refractivity contribution is 0.415. The molecule has 0 unspecified atom stereocenters. The molecule has 4 aromatic rings. The van der Waals surface area contributed by atoms with E-state index in [4.69, 9.17) is 9.72 Å². The molecule has 0 spiro atoms. The van der Waals surface area contributed by atoms with Gasteiger partial charge in [-0.05, 0) is 55.7 Å². The molecule has 2 aromatic heterocycles. The molecule has 0 aliphatic rings. The highest BCUT2D eigenvalue weighted by Crippen LogP contribution is 2.35. The molecule has 2 heterocycles. The highest BCUT2D eigenvalue weighted by atomic mass is 16.5. The number of hydrogen-bond donors (Lipinski definition) is 1. The molecule has 0 atom stereocenters. The summed E-state index contributed by atoms with van der Waals surface area (Å²) in [4.78, 5) is 4.96. The first-order chi connectivity index (χ1) is 13.1. The molecule has 0 radical (unpaired) electrons. The van der Waals surface area contributed by atoms with Gasteiger partial charge in [-0.1, -0.05) is 36.4 Å². The summed E-state index contributed by atoms with van der Waals surface area (Å²) < 4.78 is 7.54. The first-order valence-electron chi connectivity index (χ1n) is 9.04. The minimum Gasteiger partial charge on any atom is -0.497 e. The molecule has 0 saturated heterocycles. The molecule has 0 fully saturated rings. The van der Waals surface area contributed by atoms with Crippen molar-refractivity contribution in [2.24, 2.45) is 0 Å². The first kappa shape index (κ1) is 17.2. The van der Waals surface area contributed by atoms with Gasteiger partial charge in [0.15, 0.2) is 0 Å². The number of nitrogens with one attached hydrogen (secondary N) is 1. The van der Waals surface area contributed by atoms with Gasteiger partial charge < -0.3 is 10.1 Å². The average molecular weight is 357 g/mol. The van der Waals surface area contributed by atoms with Crippen molar-refractivity contribution >= 4 is 17.2 Å². The second kappa shape index (κ2) is 6.80. The van der Waals surface area contributed by atoms with Gasteiger partial charge in [-0.15, -0.1) is 0 Å². The molecule has 136 valence electrons. The summed E-state index contributed by atoms with van der Waals surface area (Å²) in [6, 6.07) is 18.5. The van der Waals surface area contributed by atoms with Crippen molar-refractivity contribution in [1.82, 2.24) is 9.38 Å². The van der Waals surface area contributed by atoms with E-state index < -0.39 is 0 Å². The van der Waals surface area contributed by atoms with Crippen LogP contribution in [0.2, 0.25) is 0 Å². The van der Waals surface area contributed by atoms with E-state index in [2.05, 4.69) is 73.1 Å². The number of methoxy groups -OCH3 is 1. The van der Waals surface area contributed by atoms with Crippen LogP contribution in [0.3, 0.4) is 0 Å². The lowest BCUT2D eigenvalue weighted by Gasteiger charge is -2.14. The Morgan fingerprint density at radius 1 is 0.889 bits per heavy atom. The minimum atomic E-state index is 0.819. The Morgan fingerprint density at radius 2 is 1.59 bits per heavy atom. The van der Waals surface area contributed by atoms with Crippen LogP contribution < -0.4 is 10.1 Å². The first-order valence-corrected chi connectivity index (χ1v) is 9.04. The molecule has 4 heteroatoms. The van der Waals surface area contributed by atoms with Gasteiger partial charge in [-0.25, -0.2) is 4.98 Å². The summed E-state index contributed by atoms with van der Waals surface area (Å²) >= 11 is 0. The largest absolute Gasteiger partial charge is 0.497 e. The molecule has 1 N–H and O–H groups in total. The predicted octanol–water partition coefficient (Wildman–Crippen LogP) is 5.68. The molecule has 4 nitrogen and oxygen atoms in total. The monoisotopic (exact) mass is 357 g/mol. The maximum atomic E-state index is 5.42. The number of rotatable bonds is 4. The van der Waals surface area contributed by atoms with Crippen molar-refractivity contribution in [1.29, 1.82) is 0 Å². The number of hydrogen-bond acceptors (Lipinski definition) is 3. The highest BCUT2D eigenvalue weighted by molar-refractivity contribution is 5.82. The predicted molar refractivity (Wildman–Crippen MR) is 111 cm³/mol. The number of aryl methyl sites for hydroxylation is 3. The van der Waals surface area contributed by atoms with E-state index in [-0.39, 0.29) is 0 Å². The normalized spacial score (nSPS) is 11.0. The van der Waals surface area contributed by atoms with E-state index >= 15 is 0 Å². The quantitative estimate of drug-likeness (QED) is 0.511. The van der Waals surface area contributed by atoms with Crippen LogP contribution in [0.5, 0.6) is 5.75 Å². The van der Waals surface area contributed by atoms with E-state index in [0.29, 0.717) is 0 Å². The third kappa shape index (κ3) is 3.04. The zero-order valence-electron chi connectivity index (χ0n) is 16.1. The number of para-hydroxylation sites is 1. The minimum absolute atomic E-state index is 0.819. The van der Waals surface area contributed by atoms with Crippen LogP contribution in [0.4, 0.5) is 11.5 Å². The summed E-state index contributed by atoms with van der Waals surface area (Å²) in [5, 5.41) is 3.65. The van der Waals surface area contributed by atoms with Gasteiger partial charge in [-0.3, -0.25) is 4.40 Å². The number of nitrogens with zero attached hydrogens (tertiary/aromatic N) is 2. The van der Waals surface area contributed by atoms with Crippen LogP contribution in [0.15, 0.2) is 60.8 Å². The number of aromatic nitrogens is 2. The average Bonchev–Trinajstić information content (AvgIpc) is 3.05. The van der Waals surface area contributed by atoms with Gasteiger partial charge in [0.2, 0.25) is 0 Å². The zero-order valence-corrected chi connectivity index (χ0v) is 16.1. The van der Waals surface area contributed by atoms with Crippen LogP contribution in [-0.4, -0.2) is 16.5 Å². The Labute approximate surface area is 159 Å². The lowest BCUT2D eigenvalue weighted by Crippen LogP contribution is -2.01. The summed E-state index contributed by atoms with van der Waals surface area (Å²) in [5.41, 5.74) is 7.53. The van der Waals surface area contributed by atoms with Gasteiger partial charge in [0.25, 0.3) is 0 Å². The van der Waals surface area contributed by atoms with E-state index in [1.54, 1.807) is 7.11 Å². The van der Waals surface area contributed by atoms with Crippen molar-refractivity contribution < 1.29 is 4.74 Å². The molecule has 0 aliphatic carbocycles. The lowest BCUT2D eigenvalue weighted by atomic mass is 10.1. The molecular formula is C23H23N3O. The Morgan fingerprint density at radius 3 is 2.33 bits per heavy atom. The van der Waals surface area contributed by atoms with Crippen LogP contribution in [-0.2, 0) is 0 Å². The van der Waals surface area contributed by atoms with Crippen molar-refractivity contribution in [3.05, 3.63) is 77.5 Å². The molecule has 2 aromatic carbocycles.